The lowest BCUT2D eigenvalue weighted by Crippen LogP contribution is -2.32. The van der Waals surface area contributed by atoms with Gasteiger partial charge in [0.05, 0.1) is 4.92 Å². The van der Waals surface area contributed by atoms with Crippen molar-refractivity contribution in [1.82, 2.24) is 10.2 Å². The van der Waals surface area contributed by atoms with E-state index in [0.717, 1.165) is 19.5 Å². The molecule has 0 spiro atoms. The molecule has 0 aliphatic heterocycles. The standard InChI is InChI=1S/C14H23N3O3/c1-12(8-10-16(2)3)15-9-11-20-14-6-4-13(5-7-14)17(18)19/h4-7,12,15H,8-11H2,1-3H3. The highest BCUT2D eigenvalue weighted by Gasteiger charge is 2.05. The normalized spacial score (nSPS) is 12.4. The van der Waals surface area contributed by atoms with Gasteiger partial charge in [-0.1, -0.05) is 0 Å². The summed E-state index contributed by atoms with van der Waals surface area (Å²) in [6, 6.07) is 6.57. The molecule has 0 saturated heterocycles. The maximum atomic E-state index is 10.5. The molecule has 112 valence electrons. The molecule has 0 bridgehead atoms. The molecule has 20 heavy (non-hydrogen) atoms. The van der Waals surface area contributed by atoms with Crippen molar-refractivity contribution in [2.75, 3.05) is 33.8 Å². The van der Waals surface area contributed by atoms with E-state index in [1.807, 2.05) is 0 Å². The smallest absolute Gasteiger partial charge is 0.269 e. The molecule has 1 rings (SSSR count). The minimum Gasteiger partial charge on any atom is -0.492 e. The Bertz CT molecular complexity index is 407. The molecule has 1 N–H and O–H groups in total. The molecule has 0 radical (unpaired) electrons. The van der Waals surface area contributed by atoms with Gasteiger partial charge in [0.25, 0.3) is 5.69 Å². The molecule has 6 heteroatoms. The summed E-state index contributed by atoms with van der Waals surface area (Å²) in [6.07, 6.45) is 1.09. The SMILES string of the molecule is CC(CCN(C)C)NCCOc1ccc([N+](=O)[O-])cc1. The molecule has 1 aromatic carbocycles. The van der Waals surface area contributed by atoms with Gasteiger partial charge in [0.15, 0.2) is 0 Å². The third-order valence-corrected chi connectivity index (χ3v) is 2.92. The van der Waals surface area contributed by atoms with Crippen molar-refractivity contribution in [3.05, 3.63) is 34.4 Å². The Kier molecular flexibility index (Phi) is 6.97. The van der Waals surface area contributed by atoms with Crippen molar-refractivity contribution in [2.24, 2.45) is 0 Å². The first kappa shape index (κ1) is 16.4. The lowest BCUT2D eigenvalue weighted by Gasteiger charge is -2.16. The number of nitrogens with zero attached hydrogens (tertiary/aromatic N) is 2. The molecule has 0 amide bonds. The van der Waals surface area contributed by atoms with E-state index in [-0.39, 0.29) is 5.69 Å². The summed E-state index contributed by atoms with van der Waals surface area (Å²) in [5.74, 6) is 0.651. The van der Waals surface area contributed by atoms with Crippen LogP contribution in [0.15, 0.2) is 24.3 Å². The van der Waals surface area contributed by atoms with Crippen molar-refractivity contribution >= 4 is 5.69 Å². The minimum atomic E-state index is -0.419. The Morgan fingerprint density at radius 1 is 1.35 bits per heavy atom. The first-order chi connectivity index (χ1) is 9.49. The van der Waals surface area contributed by atoms with Gasteiger partial charge in [-0.2, -0.15) is 0 Å². The Hall–Kier alpha value is -1.66. The minimum absolute atomic E-state index is 0.0767. The van der Waals surface area contributed by atoms with Gasteiger partial charge in [-0.3, -0.25) is 10.1 Å². The molecule has 0 heterocycles. The van der Waals surface area contributed by atoms with Crippen molar-refractivity contribution in [3.8, 4) is 5.75 Å². The summed E-state index contributed by atoms with van der Waals surface area (Å²) >= 11 is 0. The second kappa shape index (κ2) is 8.50. The van der Waals surface area contributed by atoms with Gasteiger partial charge in [-0.25, -0.2) is 0 Å². The zero-order valence-corrected chi connectivity index (χ0v) is 12.3. The molecule has 0 fully saturated rings. The fourth-order valence-corrected chi connectivity index (χ4v) is 1.69. The molecule has 1 atom stereocenters. The van der Waals surface area contributed by atoms with E-state index < -0.39 is 4.92 Å². The Morgan fingerprint density at radius 3 is 2.55 bits per heavy atom. The van der Waals surface area contributed by atoms with Gasteiger partial charge in [0.1, 0.15) is 12.4 Å². The lowest BCUT2D eigenvalue weighted by atomic mass is 10.2. The number of hydrogen-bond donors (Lipinski definition) is 1. The number of benzene rings is 1. The van der Waals surface area contributed by atoms with Crippen molar-refractivity contribution in [2.45, 2.75) is 19.4 Å². The van der Waals surface area contributed by atoms with Crippen LogP contribution in [-0.4, -0.2) is 49.7 Å². The second-order valence-corrected chi connectivity index (χ2v) is 5.05. The summed E-state index contributed by atoms with van der Waals surface area (Å²) in [6.45, 7) is 4.50. The number of nitro benzene ring substituents is 1. The Balaban J connectivity index is 2.19. The van der Waals surface area contributed by atoms with E-state index in [1.165, 1.54) is 12.1 Å². The van der Waals surface area contributed by atoms with Crippen molar-refractivity contribution in [3.63, 3.8) is 0 Å². The van der Waals surface area contributed by atoms with Crippen LogP contribution in [0.5, 0.6) is 5.75 Å². The first-order valence-electron chi connectivity index (χ1n) is 6.74. The van der Waals surface area contributed by atoms with E-state index in [9.17, 15) is 10.1 Å². The van der Waals surface area contributed by atoms with E-state index in [2.05, 4.69) is 31.2 Å². The van der Waals surface area contributed by atoms with E-state index >= 15 is 0 Å². The number of non-ortho nitro benzene ring substituents is 1. The molecule has 1 aromatic rings. The van der Waals surface area contributed by atoms with Gasteiger partial charge in [-0.05, 0) is 46.1 Å². The van der Waals surface area contributed by atoms with Crippen LogP contribution in [0.1, 0.15) is 13.3 Å². The zero-order valence-electron chi connectivity index (χ0n) is 12.3. The first-order valence-corrected chi connectivity index (χ1v) is 6.74. The van der Waals surface area contributed by atoms with Crippen LogP contribution >= 0.6 is 0 Å². The van der Waals surface area contributed by atoms with Gasteiger partial charge in [0.2, 0.25) is 0 Å². The number of rotatable bonds is 9. The maximum absolute atomic E-state index is 10.5. The predicted molar refractivity (Wildman–Crippen MR) is 79.2 cm³/mol. The van der Waals surface area contributed by atoms with Crippen LogP contribution in [0.2, 0.25) is 0 Å². The molecular formula is C14H23N3O3. The summed E-state index contributed by atoms with van der Waals surface area (Å²) in [4.78, 5) is 12.2. The maximum Gasteiger partial charge on any atom is 0.269 e. The Labute approximate surface area is 119 Å². The summed E-state index contributed by atoms with van der Waals surface area (Å²) < 4.78 is 5.52. The topological polar surface area (TPSA) is 67.6 Å². The van der Waals surface area contributed by atoms with Crippen molar-refractivity contribution < 1.29 is 9.66 Å². The van der Waals surface area contributed by atoms with Crippen LogP contribution < -0.4 is 10.1 Å². The predicted octanol–water partition coefficient (Wildman–Crippen LogP) is 1.90. The molecule has 0 aliphatic rings. The molecule has 0 aromatic heterocycles. The van der Waals surface area contributed by atoms with Gasteiger partial charge in [-0.15, -0.1) is 0 Å². The third kappa shape index (κ3) is 6.49. The lowest BCUT2D eigenvalue weighted by molar-refractivity contribution is -0.384. The van der Waals surface area contributed by atoms with Crippen molar-refractivity contribution in [1.29, 1.82) is 0 Å². The number of ether oxygens (including phenoxy) is 1. The molecule has 0 saturated carbocycles. The highest BCUT2D eigenvalue weighted by atomic mass is 16.6. The average Bonchev–Trinajstić information content (AvgIpc) is 2.42. The quantitative estimate of drug-likeness (QED) is 0.425. The van der Waals surface area contributed by atoms with Crippen LogP contribution in [0, 0.1) is 10.1 Å². The molecule has 6 nitrogen and oxygen atoms in total. The number of nitrogens with one attached hydrogen (secondary N) is 1. The van der Waals surface area contributed by atoms with Gasteiger partial charge in [0, 0.05) is 24.7 Å². The van der Waals surface area contributed by atoms with Crippen LogP contribution in [0.4, 0.5) is 5.69 Å². The fourth-order valence-electron chi connectivity index (χ4n) is 1.69. The average molecular weight is 281 g/mol. The van der Waals surface area contributed by atoms with E-state index in [4.69, 9.17) is 4.74 Å². The van der Waals surface area contributed by atoms with Gasteiger partial charge < -0.3 is 15.0 Å². The fraction of sp³-hybridized carbons (Fsp3) is 0.571. The summed E-state index contributed by atoms with van der Waals surface area (Å²) in [5.41, 5.74) is 0.0767. The Morgan fingerprint density at radius 2 is 2.00 bits per heavy atom. The number of nitro groups is 1. The second-order valence-electron chi connectivity index (χ2n) is 5.05. The summed E-state index contributed by atoms with van der Waals surface area (Å²) in [7, 11) is 4.12. The zero-order chi connectivity index (χ0) is 15.0. The number of hydrogen-bond acceptors (Lipinski definition) is 5. The third-order valence-electron chi connectivity index (χ3n) is 2.92. The highest BCUT2D eigenvalue weighted by molar-refractivity contribution is 5.35. The van der Waals surface area contributed by atoms with Crippen LogP contribution in [0.25, 0.3) is 0 Å². The van der Waals surface area contributed by atoms with Gasteiger partial charge >= 0.3 is 0 Å². The summed E-state index contributed by atoms with van der Waals surface area (Å²) in [5, 5.41) is 13.9. The van der Waals surface area contributed by atoms with Crippen LogP contribution in [-0.2, 0) is 0 Å². The van der Waals surface area contributed by atoms with E-state index in [0.29, 0.717) is 18.4 Å². The monoisotopic (exact) mass is 281 g/mol. The van der Waals surface area contributed by atoms with Crippen LogP contribution in [0.3, 0.4) is 0 Å². The molecule has 1 unspecified atom stereocenters. The highest BCUT2D eigenvalue weighted by Crippen LogP contribution is 2.16. The van der Waals surface area contributed by atoms with E-state index in [1.54, 1.807) is 12.1 Å². The molecule has 0 aliphatic carbocycles. The largest absolute Gasteiger partial charge is 0.492 e. The molecular weight excluding hydrogens is 258 g/mol.